The maximum atomic E-state index is 4.50. The van der Waals surface area contributed by atoms with Gasteiger partial charge in [-0.25, -0.2) is 9.97 Å². The van der Waals surface area contributed by atoms with Crippen molar-refractivity contribution in [2.75, 3.05) is 19.6 Å². The fraction of sp³-hybridized carbons (Fsp3) is 0.400. The Morgan fingerprint density at radius 3 is 2.65 bits per heavy atom. The van der Waals surface area contributed by atoms with Crippen LogP contribution in [0.15, 0.2) is 48.4 Å². The molecule has 2 heterocycles. The van der Waals surface area contributed by atoms with Gasteiger partial charge >= 0.3 is 0 Å². The van der Waals surface area contributed by atoms with Gasteiger partial charge in [-0.05, 0) is 50.9 Å². The van der Waals surface area contributed by atoms with Crippen LogP contribution in [0.25, 0.3) is 6.08 Å². The van der Waals surface area contributed by atoms with Crippen LogP contribution in [-0.4, -0.2) is 34.5 Å². The van der Waals surface area contributed by atoms with Crippen molar-refractivity contribution in [3.63, 3.8) is 0 Å². The van der Waals surface area contributed by atoms with Gasteiger partial charge in [-0.1, -0.05) is 42.0 Å². The number of likely N-dealkylation sites (tertiary alicyclic amines) is 1. The van der Waals surface area contributed by atoms with Crippen molar-refractivity contribution < 1.29 is 0 Å². The Hall–Kier alpha value is -2.00. The average Bonchev–Trinajstić information content (AvgIpc) is 2.57. The summed E-state index contributed by atoms with van der Waals surface area (Å²) >= 11 is 0. The maximum absolute atomic E-state index is 4.50. The van der Waals surface area contributed by atoms with E-state index in [4.69, 9.17) is 0 Å². The van der Waals surface area contributed by atoms with Gasteiger partial charge in [-0.3, -0.25) is 4.90 Å². The molecule has 1 aromatic heterocycles. The Morgan fingerprint density at radius 1 is 1.22 bits per heavy atom. The number of rotatable bonds is 4. The Morgan fingerprint density at radius 2 is 1.96 bits per heavy atom. The van der Waals surface area contributed by atoms with Crippen LogP contribution in [0.4, 0.5) is 0 Å². The lowest BCUT2D eigenvalue weighted by molar-refractivity contribution is 0.226. The molecule has 23 heavy (non-hydrogen) atoms. The summed E-state index contributed by atoms with van der Waals surface area (Å²) in [5, 5.41) is 0. The minimum Gasteiger partial charge on any atom is -0.299 e. The molecule has 0 bridgehead atoms. The van der Waals surface area contributed by atoms with Crippen LogP contribution in [0.2, 0.25) is 0 Å². The topological polar surface area (TPSA) is 29.0 Å². The fourth-order valence-corrected chi connectivity index (χ4v) is 3.43. The summed E-state index contributed by atoms with van der Waals surface area (Å²) in [6.07, 6.45) is 8.29. The van der Waals surface area contributed by atoms with E-state index in [0.717, 1.165) is 19.6 Å². The predicted octanol–water partition coefficient (Wildman–Crippen LogP) is 4.07. The molecule has 0 unspecified atom stereocenters. The molecule has 0 atom stereocenters. The van der Waals surface area contributed by atoms with E-state index in [9.17, 15) is 0 Å². The van der Waals surface area contributed by atoms with E-state index in [0.29, 0.717) is 5.92 Å². The monoisotopic (exact) mass is 307 g/mol. The number of aryl methyl sites for hydroxylation is 1. The van der Waals surface area contributed by atoms with Crippen LogP contribution in [0.5, 0.6) is 0 Å². The SMILES string of the molecule is CC(=Cc1ccccc1)CN1CCC(c2ncncc2C)CC1. The first kappa shape index (κ1) is 15.9. The largest absolute Gasteiger partial charge is 0.299 e. The Bertz CT molecular complexity index is 656. The van der Waals surface area contributed by atoms with Crippen LogP contribution in [0.1, 0.15) is 42.5 Å². The molecular formula is C20H25N3. The van der Waals surface area contributed by atoms with Crippen LogP contribution >= 0.6 is 0 Å². The summed E-state index contributed by atoms with van der Waals surface area (Å²) in [7, 11) is 0. The van der Waals surface area contributed by atoms with E-state index in [1.807, 2.05) is 6.20 Å². The third-order valence-electron chi connectivity index (χ3n) is 4.60. The first-order valence-corrected chi connectivity index (χ1v) is 8.43. The number of hydrogen-bond donors (Lipinski definition) is 0. The zero-order chi connectivity index (χ0) is 16.1. The molecule has 3 rings (SSSR count). The fourth-order valence-electron chi connectivity index (χ4n) is 3.43. The van der Waals surface area contributed by atoms with Gasteiger partial charge in [0.25, 0.3) is 0 Å². The molecule has 1 aliphatic rings. The highest BCUT2D eigenvalue weighted by molar-refractivity contribution is 5.52. The number of piperidine rings is 1. The van der Waals surface area contributed by atoms with Gasteiger partial charge in [-0.2, -0.15) is 0 Å². The number of hydrogen-bond acceptors (Lipinski definition) is 3. The Balaban J connectivity index is 1.55. The summed E-state index contributed by atoms with van der Waals surface area (Å²) in [6.45, 7) is 7.70. The molecule has 120 valence electrons. The lowest BCUT2D eigenvalue weighted by Gasteiger charge is -2.32. The minimum absolute atomic E-state index is 0.590. The quantitative estimate of drug-likeness (QED) is 0.852. The summed E-state index contributed by atoms with van der Waals surface area (Å²) in [4.78, 5) is 11.2. The first-order valence-electron chi connectivity index (χ1n) is 8.43. The third-order valence-corrected chi connectivity index (χ3v) is 4.60. The standard InChI is InChI=1S/C20H25N3/c1-16(12-18-6-4-3-5-7-18)14-23-10-8-19(9-11-23)20-17(2)13-21-15-22-20/h3-7,12-13,15,19H,8-11,14H2,1-2H3. The minimum atomic E-state index is 0.590. The van der Waals surface area contributed by atoms with Gasteiger partial charge in [0.2, 0.25) is 0 Å². The maximum Gasteiger partial charge on any atom is 0.115 e. The first-order chi connectivity index (χ1) is 11.2. The highest BCUT2D eigenvalue weighted by atomic mass is 15.1. The van der Waals surface area contributed by atoms with Gasteiger partial charge in [0, 0.05) is 24.4 Å². The molecule has 1 aliphatic heterocycles. The molecule has 0 N–H and O–H groups in total. The third kappa shape index (κ3) is 4.26. The molecule has 0 radical (unpaired) electrons. The van der Waals surface area contributed by atoms with Gasteiger partial charge in [0.15, 0.2) is 0 Å². The van der Waals surface area contributed by atoms with Crippen LogP contribution < -0.4 is 0 Å². The van der Waals surface area contributed by atoms with E-state index in [-0.39, 0.29) is 0 Å². The van der Waals surface area contributed by atoms with Gasteiger partial charge in [0.1, 0.15) is 6.33 Å². The molecule has 0 saturated carbocycles. The molecule has 0 spiro atoms. The van der Waals surface area contributed by atoms with Gasteiger partial charge in [-0.15, -0.1) is 0 Å². The Kier molecular flexibility index (Phi) is 5.19. The molecule has 0 amide bonds. The van der Waals surface area contributed by atoms with E-state index in [2.05, 4.69) is 65.1 Å². The van der Waals surface area contributed by atoms with E-state index < -0.39 is 0 Å². The summed E-state index contributed by atoms with van der Waals surface area (Å²) in [5.41, 5.74) is 5.19. The molecule has 1 fully saturated rings. The second-order valence-corrected chi connectivity index (χ2v) is 6.54. The normalized spacial score (nSPS) is 17.4. The van der Waals surface area contributed by atoms with E-state index in [1.165, 1.54) is 35.2 Å². The zero-order valence-electron chi connectivity index (χ0n) is 14.1. The molecule has 1 saturated heterocycles. The summed E-state index contributed by atoms with van der Waals surface area (Å²) < 4.78 is 0. The summed E-state index contributed by atoms with van der Waals surface area (Å²) in [5.74, 6) is 0.590. The predicted molar refractivity (Wildman–Crippen MR) is 95.3 cm³/mol. The van der Waals surface area contributed by atoms with Crippen LogP contribution in [-0.2, 0) is 0 Å². The lowest BCUT2D eigenvalue weighted by atomic mass is 9.91. The summed E-state index contributed by atoms with van der Waals surface area (Å²) in [6, 6.07) is 10.6. The van der Waals surface area contributed by atoms with E-state index in [1.54, 1.807) is 6.33 Å². The zero-order valence-corrected chi connectivity index (χ0v) is 14.1. The van der Waals surface area contributed by atoms with Crippen molar-refractivity contribution in [3.8, 4) is 0 Å². The van der Waals surface area contributed by atoms with Crippen molar-refractivity contribution in [1.29, 1.82) is 0 Å². The Labute approximate surface area is 139 Å². The molecule has 1 aromatic carbocycles. The number of nitrogens with zero attached hydrogens (tertiary/aromatic N) is 3. The van der Waals surface area contributed by atoms with Crippen molar-refractivity contribution in [1.82, 2.24) is 14.9 Å². The van der Waals surface area contributed by atoms with Gasteiger partial charge < -0.3 is 0 Å². The van der Waals surface area contributed by atoms with E-state index >= 15 is 0 Å². The molecule has 3 nitrogen and oxygen atoms in total. The number of aromatic nitrogens is 2. The van der Waals surface area contributed by atoms with Crippen molar-refractivity contribution in [2.45, 2.75) is 32.6 Å². The second kappa shape index (κ2) is 7.51. The van der Waals surface area contributed by atoms with Crippen LogP contribution in [0, 0.1) is 6.92 Å². The lowest BCUT2D eigenvalue weighted by Crippen LogP contribution is -2.34. The highest BCUT2D eigenvalue weighted by Crippen LogP contribution is 2.28. The average molecular weight is 307 g/mol. The number of benzene rings is 1. The second-order valence-electron chi connectivity index (χ2n) is 6.54. The van der Waals surface area contributed by atoms with Crippen molar-refractivity contribution in [3.05, 3.63) is 65.2 Å². The van der Waals surface area contributed by atoms with Crippen LogP contribution in [0.3, 0.4) is 0 Å². The van der Waals surface area contributed by atoms with Crippen molar-refractivity contribution in [2.24, 2.45) is 0 Å². The molecular weight excluding hydrogens is 282 g/mol. The van der Waals surface area contributed by atoms with Gasteiger partial charge in [0.05, 0.1) is 0 Å². The highest BCUT2D eigenvalue weighted by Gasteiger charge is 2.22. The smallest absolute Gasteiger partial charge is 0.115 e. The molecule has 2 aromatic rings. The van der Waals surface area contributed by atoms with Crippen molar-refractivity contribution >= 4 is 6.08 Å². The molecule has 0 aliphatic carbocycles. The molecule has 3 heteroatoms.